The molecule has 4 atom stereocenters. The zero-order valence-electron chi connectivity index (χ0n) is 19.5. The van der Waals surface area contributed by atoms with Crippen LogP contribution in [0, 0.1) is 16.7 Å². The average Bonchev–Trinajstić information content (AvgIpc) is 3.00. The molecule has 3 aliphatic rings. The van der Waals surface area contributed by atoms with Crippen molar-refractivity contribution >= 4 is 5.97 Å². The van der Waals surface area contributed by atoms with E-state index in [9.17, 15) is 15.0 Å². The van der Waals surface area contributed by atoms with Crippen molar-refractivity contribution in [2.24, 2.45) is 16.7 Å². The lowest BCUT2D eigenvalue weighted by atomic mass is 9.65. The quantitative estimate of drug-likeness (QED) is 0.487. The normalized spacial score (nSPS) is 35.2. The first-order valence-corrected chi connectivity index (χ1v) is 11.6. The zero-order chi connectivity index (χ0) is 22.1. The average molecular weight is 417 g/mol. The Kier molecular flexibility index (Phi) is 6.98. The number of carbonyl (C=O) groups excluding carboxylic acids is 1. The van der Waals surface area contributed by atoms with Crippen LogP contribution in [0.5, 0.6) is 0 Å². The maximum atomic E-state index is 12.2. The fourth-order valence-corrected chi connectivity index (χ4v) is 5.76. The third-order valence-electron chi connectivity index (χ3n) is 7.37. The van der Waals surface area contributed by atoms with Crippen LogP contribution in [0.15, 0.2) is 34.4 Å². The second kappa shape index (κ2) is 9.00. The summed E-state index contributed by atoms with van der Waals surface area (Å²) in [6.45, 7) is 10.6. The first-order valence-electron chi connectivity index (χ1n) is 11.6. The van der Waals surface area contributed by atoms with Gasteiger partial charge in [0, 0.05) is 0 Å². The largest absolute Gasteiger partial charge is 0.461 e. The molecule has 2 N–H and O–H groups in total. The summed E-state index contributed by atoms with van der Waals surface area (Å²) in [5.74, 6) is 0.389. The van der Waals surface area contributed by atoms with Gasteiger partial charge in [0.05, 0.1) is 17.6 Å². The Hall–Kier alpha value is -1.39. The number of fused-ring (bicyclic) bond motifs is 1. The zero-order valence-corrected chi connectivity index (χ0v) is 19.5. The minimum Gasteiger partial charge on any atom is -0.461 e. The first kappa shape index (κ1) is 23.3. The molecule has 0 heterocycles. The van der Waals surface area contributed by atoms with E-state index < -0.39 is 17.6 Å². The van der Waals surface area contributed by atoms with E-state index in [1.54, 1.807) is 0 Å². The van der Waals surface area contributed by atoms with Gasteiger partial charge in [-0.05, 0) is 96.0 Å². The predicted octanol–water partition coefficient (Wildman–Crippen LogP) is 5.25. The molecule has 4 nitrogen and oxygen atoms in total. The van der Waals surface area contributed by atoms with Gasteiger partial charge in [0.25, 0.3) is 0 Å². The Morgan fingerprint density at radius 3 is 2.47 bits per heavy atom. The standard InChI is InChI=1S/C26H40O4/c1-17(16-30-24(29)25(2,3)4)22-10-11-23-19(7-6-12-26(22,23)5)9-8-18-13-20(27)15-21(28)14-18/h8-9,20-21,23,27-28H,6-7,10-16H2,1-5H3/b19-9+,22-17?/t20-,21-,23?,26-/m1/s1. The van der Waals surface area contributed by atoms with Crippen LogP contribution in [0.2, 0.25) is 0 Å². The second-order valence-corrected chi connectivity index (χ2v) is 11.0. The SMILES string of the molecule is CC(COC(=O)C(C)(C)C)=C1CCC2/C(=C/C=C3C[C@@H](O)C[C@H](O)C3)CCC[C@]12C. The van der Waals surface area contributed by atoms with Crippen molar-refractivity contribution in [1.82, 2.24) is 0 Å². The van der Waals surface area contributed by atoms with E-state index >= 15 is 0 Å². The van der Waals surface area contributed by atoms with Crippen molar-refractivity contribution in [2.45, 2.75) is 98.2 Å². The molecule has 0 aromatic rings. The van der Waals surface area contributed by atoms with Gasteiger partial charge in [-0.3, -0.25) is 4.79 Å². The molecular weight excluding hydrogens is 376 g/mol. The Morgan fingerprint density at radius 1 is 1.17 bits per heavy atom. The van der Waals surface area contributed by atoms with Gasteiger partial charge in [0.1, 0.15) is 6.61 Å². The minimum absolute atomic E-state index is 0.144. The van der Waals surface area contributed by atoms with E-state index in [-0.39, 0.29) is 11.4 Å². The van der Waals surface area contributed by atoms with Crippen LogP contribution < -0.4 is 0 Å². The lowest BCUT2D eigenvalue weighted by Crippen LogP contribution is -2.30. The van der Waals surface area contributed by atoms with Crippen LogP contribution in [0.1, 0.15) is 86.0 Å². The lowest BCUT2D eigenvalue weighted by molar-refractivity contribution is -0.151. The van der Waals surface area contributed by atoms with E-state index in [4.69, 9.17) is 4.74 Å². The molecule has 1 unspecified atom stereocenters. The van der Waals surface area contributed by atoms with Crippen molar-refractivity contribution in [1.29, 1.82) is 0 Å². The van der Waals surface area contributed by atoms with Crippen LogP contribution in [-0.4, -0.2) is 35.0 Å². The Labute approximate surface area is 182 Å². The molecule has 0 spiro atoms. The van der Waals surface area contributed by atoms with E-state index in [0.717, 1.165) is 24.8 Å². The highest BCUT2D eigenvalue weighted by molar-refractivity contribution is 5.75. The van der Waals surface area contributed by atoms with Gasteiger partial charge in [-0.15, -0.1) is 0 Å². The van der Waals surface area contributed by atoms with E-state index in [1.165, 1.54) is 29.6 Å². The van der Waals surface area contributed by atoms with Gasteiger partial charge in [0.2, 0.25) is 0 Å². The van der Waals surface area contributed by atoms with Gasteiger partial charge in [-0.2, -0.15) is 0 Å². The number of hydrogen-bond acceptors (Lipinski definition) is 4. The number of hydrogen-bond donors (Lipinski definition) is 2. The van der Waals surface area contributed by atoms with Gasteiger partial charge >= 0.3 is 5.97 Å². The Bertz CT molecular complexity index is 739. The summed E-state index contributed by atoms with van der Waals surface area (Å²) in [5, 5.41) is 19.9. The summed E-state index contributed by atoms with van der Waals surface area (Å²) in [6.07, 6.45) is 11.1. The van der Waals surface area contributed by atoms with E-state index in [1.807, 2.05) is 20.8 Å². The number of aliphatic hydroxyl groups excluding tert-OH is 2. The van der Waals surface area contributed by atoms with Gasteiger partial charge in [-0.1, -0.05) is 35.8 Å². The summed E-state index contributed by atoms with van der Waals surface area (Å²) >= 11 is 0. The highest BCUT2D eigenvalue weighted by atomic mass is 16.5. The molecule has 3 fully saturated rings. The third-order valence-corrected chi connectivity index (χ3v) is 7.37. The summed E-state index contributed by atoms with van der Waals surface area (Å²) in [7, 11) is 0. The number of allylic oxidation sites excluding steroid dienone is 4. The summed E-state index contributed by atoms with van der Waals surface area (Å²) in [5.41, 5.74) is 5.03. The number of esters is 1. The third kappa shape index (κ3) is 5.08. The van der Waals surface area contributed by atoms with E-state index in [2.05, 4.69) is 26.0 Å². The highest BCUT2D eigenvalue weighted by Gasteiger charge is 2.46. The fraction of sp³-hybridized carbons (Fsp3) is 0.731. The smallest absolute Gasteiger partial charge is 0.311 e. The van der Waals surface area contributed by atoms with Crippen LogP contribution in [0.3, 0.4) is 0 Å². The van der Waals surface area contributed by atoms with Crippen molar-refractivity contribution in [3.63, 3.8) is 0 Å². The van der Waals surface area contributed by atoms with Crippen molar-refractivity contribution in [3.05, 3.63) is 34.4 Å². The van der Waals surface area contributed by atoms with Crippen molar-refractivity contribution in [2.75, 3.05) is 6.61 Å². The van der Waals surface area contributed by atoms with Crippen LogP contribution in [0.25, 0.3) is 0 Å². The Balaban J connectivity index is 1.75. The first-order chi connectivity index (χ1) is 14.0. The van der Waals surface area contributed by atoms with Crippen molar-refractivity contribution < 1.29 is 19.7 Å². The summed E-state index contributed by atoms with van der Waals surface area (Å²) in [4.78, 5) is 12.2. The van der Waals surface area contributed by atoms with Crippen LogP contribution in [-0.2, 0) is 9.53 Å². The predicted molar refractivity (Wildman–Crippen MR) is 120 cm³/mol. The van der Waals surface area contributed by atoms with E-state index in [0.29, 0.717) is 31.8 Å². The number of aliphatic hydroxyl groups is 2. The number of carbonyl (C=O) groups is 1. The molecule has 168 valence electrons. The molecule has 3 aliphatic carbocycles. The molecule has 0 radical (unpaired) electrons. The lowest BCUT2D eigenvalue weighted by Gasteiger charge is -2.40. The topological polar surface area (TPSA) is 66.8 Å². The number of ether oxygens (including phenoxy) is 1. The molecule has 0 bridgehead atoms. The Morgan fingerprint density at radius 2 is 1.83 bits per heavy atom. The van der Waals surface area contributed by atoms with Gasteiger partial charge in [0.15, 0.2) is 0 Å². The van der Waals surface area contributed by atoms with Crippen LogP contribution >= 0.6 is 0 Å². The van der Waals surface area contributed by atoms with Crippen molar-refractivity contribution in [3.8, 4) is 0 Å². The molecule has 3 saturated carbocycles. The monoisotopic (exact) mass is 416 g/mol. The van der Waals surface area contributed by atoms with Gasteiger partial charge in [-0.25, -0.2) is 0 Å². The molecule has 0 saturated heterocycles. The van der Waals surface area contributed by atoms with Crippen LogP contribution in [0.4, 0.5) is 0 Å². The summed E-state index contributed by atoms with van der Waals surface area (Å²) < 4.78 is 5.61. The summed E-state index contributed by atoms with van der Waals surface area (Å²) in [6, 6.07) is 0. The maximum absolute atomic E-state index is 12.2. The fourth-order valence-electron chi connectivity index (χ4n) is 5.76. The molecule has 30 heavy (non-hydrogen) atoms. The molecule has 0 aromatic heterocycles. The molecule has 0 amide bonds. The minimum atomic E-state index is -0.471. The molecule has 0 aromatic carbocycles. The number of rotatable bonds is 3. The molecular formula is C26H40O4. The second-order valence-electron chi connectivity index (χ2n) is 11.0. The maximum Gasteiger partial charge on any atom is 0.311 e. The van der Waals surface area contributed by atoms with Gasteiger partial charge < -0.3 is 14.9 Å². The molecule has 4 heteroatoms. The molecule has 0 aliphatic heterocycles. The highest BCUT2D eigenvalue weighted by Crippen LogP contribution is 2.58. The molecule has 3 rings (SSSR count).